The van der Waals surface area contributed by atoms with Crippen molar-refractivity contribution in [1.82, 2.24) is 9.97 Å². The monoisotopic (exact) mass is 175 g/mol. The van der Waals surface area contributed by atoms with E-state index < -0.39 is 0 Å². The molecule has 0 aliphatic rings. The molecule has 3 N–H and O–H groups in total. The van der Waals surface area contributed by atoms with Crippen LogP contribution in [-0.4, -0.2) is 9.97 Å². The van der Waals surface area contributed by atoms with E-state index in [2.05, 4.69) is 16.9 Å². The van der Waals surface area contributed by atoms with Crippen molar-refractivity contribution >= 4 is 16.7 Å². The molecule has 2 rings (SSSR count). The highest BCUT2D eigenvalue weighted by Crippen LogP contribution is 2.25. The van der Waals surface area contributed by atoms with Gasteiger partial charge in [0.2, 0.25) is 0 Å². The third-order valence-corrected chi connectivity index (χ3v) is 2.39. The number of fused-ring (bicyclic) bond motifs is 1. The number of rotatable bonds is 1. The molecule has 0 atom stereocenters. The summed E-state index contributed by atoms with van der Waals surface area (Å²) in [5.74, 6) is 0. The van der Waals surface area contributed by atoms with Crippen LogP contribution >= 0.6 is 0 Å². The fraction of sp³-hybridized carbons (Fsp3) is 0.300. The van der Waals surface area contributed by atoms with Crippen molar-refractivity contribution in [1.29, 1.82) is 0 Å². The molecule has 0 bridgehead atoms. The summed E-state index contributed by atoms with van der Waals surface area (Å²) in [6.07, 6.45) is 2.65. The largest absolute Gasteiger partial charge is 0.398 e. The molecule has 3 heteroatoms. The first kappa shape index (κ1) is 8.10. The van der Waals surface area contributed by atoms with Crippen LogP contribution in [0.5, 0.6) is 0 Å². The number of H-pyrrole nitrogens is 1. The van der Waals surface area contributed by atoms with E-state index in [1.807, 2.05) is 13.0 Å². The smallest absolute Gasteiger partial charge is 0.0932 e. The zero-order valence-electron chi connectivity index (χ0n) is 7.89. The SMILES string of the molecule is CCc1c(N)cc(C)c2nc[nH]c12. The first-order valence-corrected chi connectivity index (χ1v) is 4.45. The number of nitrogen functional groups attached to an aromatic ring is 1. The minimum Gasteiger partial charge on any atom is -0.398 e. The van der Waals surface area contributed by atoms with Crippen LogP contribution in [0.25, 0.3) is 11.0 Å². The van der Waals surface area contributed by atoms with Crippen LogP contribution in [0, 0.1) is 6.92 Å². The number of imidazole rings is 1. The Labute approximate surface area is 77.0 Å². The van der Waals surface area contributed by atoms with Gasteiger partial charge in [0.05, 0.1) is 17.4 Å². The average Bonchev–Trinajstić information content (AvgIpc) is 2.53. The van der Waals surface area contributed by atoms with Crippen LogP contribution in [0.3, 0.4) is 0 Å². The fourth-order valence-electron chi connectivity index (χ4n) is 1.74. The van der Waals surface area contributed by atoms with E-state index in [4.69, 9.17) is 5.73 Å². The third-order valence-electron chi connectivity index (χ3n) is 2.39. The summed E-state index contributed by atoms with van der Waals surface area (Å²) in [4.78, 5) is 7.39. The Morgan fingerprint density at radius 2 is 2.31 bits per heavy atom. The van der Waals surface area contributed by atoms with Gasteiger partial charge in [-0.15, -0.1) is 0 Å². The molecule has 1 aromatic heterocycles. The highest BCUT2D eigenvalue weighted by atomic mass is 14.9. The van der Waals surface area contributed by atoms with Crippen LogP contribution in [0.4, 0.5) is 5.69 Å². The fourth-order valence-corrected chi connectivity index (χ4v) is 1.74. The zero-order chi connectivity index (χ0) is 9.42. The van der Waals surface area contributed by atoms with Crippen molar-refractivity contribution in [2.75, 3.05) is 5.73 Å². The Morgan fingerprint density at radius 1 is 1.54 bits per heavy atom. The highest BCUT2D eigenvalue weighted by molar-refractivity contribution is 5.86. The molecule has 0 spiro atoms. The topological polar surface area (TPSA) is 54.7 Å². The molecule has 0 fully saturated rings. The van der Waals surface area contributed by atoms with Gasteiger partial charge in [-0.05, 0) is 25.0 Å². The van der Waals surface area contributed by atoms with E-state index in [1.54, 1.807) is 6.33 Å². The molecule has 13 heavy (non-hydrogen) atoms. The second-order valence-electron chi connectivity index (χ2n) is 3.24. The van der Waals surface area contributed by atoms with E-state index in [-0.39, 0.29) is 0 Å². The lowest BCUT2D eigenvalue weighted by molar-refractivity contribution is 1.15. The van der Waals surface area contributed by atoms with Gasteiger partial charge in [0.15, 0.2) is 0 Å². The van der Waals surface area contributed by atoms with Crippen molar-refractivity contribution in [3.63, 3.8) is 0 Å². The Balaban J connectivity index is 2.88. The summed E-state index contributed by atoms with van der Waals surface area (Å²) in [5.41, 5.74) is 11.2. The van der Waals surface area contributed by atoms with Crippen LogP contribution in [-0.2, 0) is 6.42 Å². The van der Waals surface area contributed by atoms with E-state index in [0.717, 1.165) is 34.3 Å². The summed E-state index contributed by atoms with van der Waals surface area (Å²) in [7, 11) is 0. The van der Waals surface area contributed by atoms with Gasteiger partial charge in [0, 0.05) is 11.3 Å². The Kier molecular flexibility index (Phi) is 1.72. The Morgan fingerprint density at radius 3 is 3.00 bits per heavy atom. The van der Waals surface area contributed by atoms with Crippen molar-refractivity contribution in [2.45, 2.75) is 20.3 Å². The molecule has 0 unspecified atom stereocenters. The number of aryl methyl sites for hydroxylation is 2. The van der Waals surface area contributed by atoms with E-state index >= 15 is 0 Å². The van der Waals surface area contributed by atoms with Gasteiger partial charge in [-0.25, -0.2) is 4.98 Å². The van der Waals surface area contributed by atoms with Gasteiger partial charge >= 0.3 is 0 Å². The van der Waals surface area contributed by atoms with Crippen molar-refractivity contribution < 1.29 is 0 Å². The summed E-state index contributed by atoms with van der Waals surface area (Å²) >= 11 is 0. The van der Waals surface area contributed by atoms with Gasteiger partial charge < -0.3 is 10.7 Å². The van der Waals surface area contributed by atoms with Gasteiger partial charge in [0.1, 0.15) is 0 Å². The molecule has 2 aromatic rings. The number of aromatic amines is 1. The lowest BCUT2D eigenvalue weighted by Crippen LogP contribution is -1.95. The van der Waals surface area contributed by atoms with Crippen LogP contribution in [0.15, 0.2) is 12.4 Å². The maximum absolute atomic E-state index is 5.91. The number of anilines is 1. The summed E-state index contributed by atoms with van der Waals surface area (Å²) < 4.78 is 0. The minimum atomic E-state index is 0.858. The number of hydrogen-bond acceptors (Lipinski definition) is 2. The number of nitrogens with one attached hydrogen (secondary N) is 1. The molecule has 0 saturated heterocycles. The van der Waals surface area contributed by atoms with Crippen LogP contribution < -0.4 is 5.73 Å². The molecule has 1 aromatic carbocycles. The number of benzene rings is 1. The van der Waals surface area contributed by atoms with Crippen molar-refractivity contribution in [3.05, 3.63) is 23.5 Å². The van der Waals surface area contributed by atoms with Crippen molar-refractivity contribution in [3.8, 4) is 0 Å². The molecule has 3 nitrogen and oxygen atoms in total. The van der Waals surface area contributed by atoms with Gasteiger partial charge in [-0.3, -0.25) is 0 Å². The first-order chi connectivity index (χ1) is 6.24. The lowest BCUT2D eigenvalue weighted by atomic mass is 10.1. The molecule has 1 heterocycles. The van der Waals surface area contributed by atoms with E-state index in [1.165, 1.54) is 0 Å². The molecule has 0 amide bonds. The Bertz CT molecular complexity index is 443. The number of nitrogens with zero attached hydrogens (tertiary/aromatic N) is 1. The molecule has 0 aliphatic heterocycles. The zero-order valence-corrected chi connectivity index (χ0v) is 7.89. The molecule has 0 radical (unpaired) electrons. The molecular weight excluding hydrogens is 162 g/mol. The van der Waals surface area contributed by atoms with E-state index in [9.17, 15) is 0 Å². The summed E-state index contributed by atoms with van der Waals surface area (Å²) in [6, 6.07) is 1.99. The van der Waals surface area contributed by atoms with E-state index in [0.29, 0.717) is 0 Å². The quantitative estimate of drug-likeness (QED) is 0.651. The maximum atomic E-state index is 5.91. The van der Waals surface area contributed by atoms with Crippen LogP contribution in [0.2, 0.25) is 0 Å². The predicted octanol–water partition coefficient (Wildman–Crippen LogP) is 2.02. The summed E-state index contributed by atoms with van der Waals surface area (Å²) in [6.45, 7) is 4.13. The average molecular weight is 175 g/mol. The molecule has 68 valence electrons. The highest BCUT2D eigenvalue weighted by Gasteiger charge is 2.07. The second kappa shape index (κ2) is 2.76. The van der Waals surface area contributed by atoms with Gasteiger partial charge in [-0.2, -0.15) is 0 Å². The molecule has 0 saturated carbocycles. The minimum absolute atomic E-state index is 0.858. The maximum Gasteiger partial charge on any atom is 0.0932 e. The lowest BCUT2D eigenvalue weighted by Gasteiger charge is -2.05. The first-order valence-electron chi connectivity index (χ1n) is 4.45. The standard InChI is InChI=1S/C10H13N3/c1-3-7-8(11)4-6(2)9-10(7)13-5-12-9/h4-5H,3,11H2,1-2H3,(H,12,13). The van der Waals surface area contributed by atoms with Gasteiger partial charge in [0.25, 0.3) is 0 Å². The van der Waals surface area contributed by atoms with Gasteiger partial charge in [-0.1, -0.05) is 6.92 Å². The summed E-state index contributed by atoms with van der Waals surface area (Å²) in [5, 5.41) is 0. The number of nitrogens with two attached hydrogens (primary N) is 1. The second-order valence-corrected chi connectivity index (χ2v) is 3.24. The third kappa shape index (κ3) is 1.08. The number of hydrogen-bond donors (Lipinski definition) is 2. The molecule has 0 aliphatic carbocycles. The number of aromatic nitrogens is 2. The van der Waals surface area contributed by atoms with Crippen molar-refractivity contribution in [2.24, 2.45) is 0 Å². The Hall–Kier alpha value is -1.51. The van der Waals surface area contributed by atoms with Crippen LogP contribution in [0.1, 0.15) is 18.1 Å². The predicted molar refractivity (Wildman–Crippen MR) is 54.6 cm³/mol. The molecular formula is C10H13N3. The normalized spacial score (nSPS) is 10.9.